The first kappa shape index (κ1) is 16.4. The van der Waals surface area contributed by atoms with Crippen LogP contribution in [0.4, 0.5) is 10.8 Å². The van der Waals surface area contributed by atoms with E-state index in [0.29, 0.717) is 16.6 Å². The van der Waals surface area contributed by atoms with Crippen molar-refractivity contribution in [2.24, 2.45) is 0 Å². The van der Waals surface area contributed by atoms with Crippen LogP contribution >= 0.6 is 11.3 Å². The number of rotatable bonds is 4. The molecular formula is C16H18N4O3S. The number of aromatic nitrogens is 2. The average molecular weight is 346 g/mol. The van der Waals surface area contributed by atoms with E-state index in [-0.39, 0.29) is 24.3 Å². The third-order valence-corrected chi connectivity index (χ3v) is 4.70. The number of hydrogen-bond donors (Lipinski definition) is 1. The van der Waals surface area contributed by atoms with Gasteiger partial charge in [-0.2, -0.15) is 0 Å². The second kappa shape index (κ2) is 6.56. The van der Waals surface area contributed by atoms with Crippen LogP contribution in [-0.4, -0.2) is 34.7 Å². The minimum absolute atomic E-state index is 0.0971. The van der Waals surface area contributed by atoms with Gasteiger partial charge in [-0.15, -0.1) is 10.2 Å². The summed E-state index contributed by atoms with van der Waals surface area (Å²) in [5.74, 6) is 0.278. The first-order valence-corrected chi connectivity index (χ1v) is 8.47. The van der Waals surface area contributed by atoms with Crippen LogP contribution in [0.3, 0.4) is 0 Å². The topological polar surface area (TPSA) is 84.4 Å². The fourth-order valence-electron chi connectivity index (χ4n) is 2.34. The van der Waals surface area contributed by atoms with Crippen LogP contribution in [-0.2, 0) is 9.59 Å². The summed E-state index contributed by atoms with van der Waals surface area (Å²) >= 11 is 1.34. The van der Waals surface area contributed by atoms with E-state index in [1.165, 1.54) is 16.2 Å². The number of hydrogen-bond acceptors (Lipinski definition) is 6. The monoisotopic (exact) mass is 346 g/mol. The fourth-order valence-corrected chi connectivity index (χ4v) is 3.10. The van der Waals surface area contributed by atoms with Crippen molar-refractivity contribution in [1.29, 1.82) is 0 Å². The highest BCUT2D eigenvalue weighted by Crippen LogP contribution is 2.33. The molecule has 2 amide bonds. The molecule has 7 nitrogen and oxygen atoms in total. The lowest BCUT2D eigenvalue weighted by Crippen LogP contribution is -2.47. The Morgan fingerprint density at radius 1 is 1.38 bits per heavy atom. The molecule has 0 saturated heterocycles. The molecule has 0 bridgehead atoms. The lowest BCUT2D eigenvalue weighted by Gasteiger charge is -2.32. The molecule has 0 fully saturated rings. The Hall–Kier alpha value is -2.48. The van der Waals surface area contributed by atoms with E-state index in [2.05, 4.69) is 15.5 Å². The van der Waals surface area contributed by atoms with Gasteiger partial charge in [0.25, 0.3) is 5.91 Å². The molecule has 2 heterocycles. The quantitative estimate of drug-likeness (QED) is 0.919. The van der Waals surface area contributed by atoms with Gasteiger partial charge >= 0.3 is 0 Å². The molecule has 0 aliphatic carbocycles. The normalized spacial score (nSPS) is 16.8. The Kier molecular flexibility index (Phi) is 4.48. The van der Waals surface area contributed by atoms with Gasteiger partial charge < -0.3 is 4.74 Å². The van der Waals surface area contributed by atoms with Crippen LogP contribution in [0.15, 0.2) is 24.3 Å². The highest BCUT2D eigenvalue weighted by atomic mass is 32.1. The molecule has 126 valence electrons. The molecule has 2 aromatic rings. The Balaban J connectivity index is 1.74. The predicted octanol–water partition coefficient (Wildman–Crippen LogP) is 2.41. The van der Waals surface area contributed by atoms with Crippen LogP contribution in [0, 0.1) is 0 Å². The number of carbonyl (C=O) groups is 2. The van der Waals surface area contributed by atoms with Crippen molar-refractivity contribution < 1.29 is 14.3 Å². The van der Waals surface area contributed by atoms with Crippen LogP contribution in [0.2, 0.25) is 0 Å². The summed E-state index contributed by atoms with van der Waals surface area (Å²) in [5, 5.41) is 12.0. The minimum atomic E-state index is -0.623. The number of fused-ring (bicyclic) bond motifs is 1. The van der Waals surface area contributed by atoms with Crippen LogP contribution < -0.4 is 15.0 Å². The highest BCUT2D eigenvalue weighted by Gasteiger charge is 2.32. The summed E-state index contributed by atoms with van der Waals surface area (Å²) < 4.78 is 5.56. The molecule has 0 radical (unpaired) electrons. The summed E-state index contributed by atoms with van der Waals surface area (Å²) in [6.45, 7) is 5.59. The van der Waals surface area contributed by atoms with Crippen molar-refractivity contribution in [1.82, 2.24) is 10.2 Å². The third kappa shape index (κ3) is 3.23. The smallest absolute Gasteiger partial charge is 0.268 e. The molecule has 1 aliphatic rings. The van der Waals surface area contributed by atoms with Crippen molar-refractivity contribution in [2.75, 3.05) is 16.8 Å². The third-order valence-electron chi connectivity index (χ3n) is 3.56. The minimum Gasteiger partial charge on any atom is -0.479 e. The number of nitrogens with zero attached hydrogens (tertiary/aromatic N) is 3. The van der Waals surface area contributed by atoms with Gasteiger partial charge in [-0.05, 0) is 19.1 Å². The average Bonchev–Trinajstić information content (AvgIpc) is 3.00. The first-order valence-electron chi connectivity index (χ1n) is 7.66. The zero-order valence-corrected chi connectivity index (χ0v) is 14.5. The lowest BCUT2D eigenvalue weighted by atomic mass is 10.2. The number of ether oxygens (including phenoxy) is 1. The Morgan fingerprint density at radius 2 is 2.12 bits per heavy atom. The second-order valence-electron chi connectivity index (χ2n) is 5.80. The molecule has 1 aromatic heterocycles. The maximum absolute atomic E-state index is 12.4. The van der Waals surface area contributed by atoms with Gasteiger partial charge in [0.15, 0.2) is 6.10 Å². The molecule has 1 N–H and O–H groups in total. The van der Waals surface area contributed by atoms with Crippen molar-refractivity contribution in [3.05, 3.63) is 29.3 Å². The molecular weight excluding hydrogens is 328 g/mol. The van der Waals surface area contributed by atoms with E-state index < -0.39 is 6.10 Å². The van der Waals surface area contributed by atoms with E-state index in [9.17, 15) is 9.59 Å². The Morgan fingerprint density at radius 3 is 2.83 bits per heavy atom. The largest absolute Gasteiger partial charge is 0.479 e. The lowest BCUT2D eigenvalue weighted by molar-refractivity contribution is -0.127. The molecule has 3 rings (SSSR count). The van der Waals surface area contributed by atoms with Crippen molar-refractivity contribution >= 4 is 34.0 Å². The number of para-hydroxylation sites is 2. The van der Waals surface area contributed by atoms with Gasteiger partial charge in [0.1, 0.15) is 17.3 Å². The predicted molar refractivity (Wildman–Crippen MR) is 91.5 cm³/mol. The van der Waals surface area contributed by atoms with E-state index in [1.807, 2.05) is 19.9 Å². The standard InChI is InChI=1S/C16H18N4O3S/c1-9(2)14-18-19-16(24-14)17-13(21)8-20-11-6-4-5-7-12(11)23-10(3)15(20)22/h4-7,9-10H,8H2,1-3H3,(H,17,19,21)/t10-/m1/s1. The van der Waals surface area contributed by atoms with E-state index in [0.717, 1.165) is 5.01 Å². The van der Waals surface area contributed by atoms with E-state index in [1.54, 1.807) is 25.1 Å². The van der Waals surface area contributed by atoms with Crippen molar-refractivity contribution in [3.8, 4) is 5.75 Å². The highest BCUT2D eigenvalue weighted by molar-refractivity contribution is 7.15. The number of carbonyl (C=O) groups excluding carboxylic acids is 2. The molecule has 24 heavy (non-hydrogen) atoms. The maximum Gasteiger partial charge on any atom is 0.268 e. The van der Waals surface area contributed by atoms with Crippen LogP contribution in [0.5, 0.6) is 5.75 Å². The Bertz CT molecular complexity index is 774. The summed E-state index contributed by atoms with van der Waals surface area (Å²) in [6.07, 6.45) is -0.623. The van der Waals surface area contributed by atoms with Crippen molar-refractivity contribution in [2.45, 2.75) is 32.8 Å². The van der Waals surface area contributed by atoms with Gasteiger partial charge in [0, 0.05) is 5.92 Å². The number of anilines is 2. The van der Waals surface area contributed by atoms with Crippen LogP contribution in [0.1, 0.15) is 31.7 Å². The van der Waals surface area contributed by atoms with Crippen LogP contribution in [0.25, 0.3) is 0 Å². The molecule has 0 spiro atoms. The molecule has 8 heteroatoms. The molecule has 0 saturated carbocycles. The zero-order chi connectivity index (χ0) is 17.3. The molecule has 1 aromatic carbocycles. The summed E-state index contributed by atoms with van der Waals surface area (Å²) in [5.41, 5.74) is 0.593. The van der Waals surface area contributed by atoms with E-state index >= 15 is 0 Å². The van der Waals surface area contributed by atoms with E-state index in [4.69, 9.17) is 4.74 Å². The van der Waals surface area contributed by atoms with Crippen molar-refractivity contribution in [3.63, 3.8) is 0 Å². The summed E-state index contributed by atoms with van der Waals surface area (Å²) in [6, 6.07) is 7.17. The molecule has 1 atom stereocenters. The number of nitrogens with one attached hydrogen (secondary N) is 1. The van der Waals surface area contributed by atoms with Gasteiger partial charge in [-0.3, -0.25) is 19.8 Å². The van der Waals surface area contributed by atoms with Gasteiger partial charge in [0.05, 0.1) is 5.69 Å². The second-order valence-corrected chi connectivity index (χ2v) is 6.81. The zero-order valence-electron chi connectivity index (χ0n) is 13.6. The number of benzene rings is 1. The first-order chi connectivity index (χ1) is 11.5. The van der Waals surface area contributed by atoms with Gasteiger partial charge in [0.2, 0.25) is 11.0 Å². The number of amides is 2. The van der Waals surface area contributed by atoms with Gasteiger partial charge in [-0.25, -0.2) is 0 Å². The summed E-state index contributed by atoms with van der Waals surface area (Å²) in [4.78, 5) is 26.1. The maximum atomic E-state index is 12.4. The summed E-state index contributed by atoms with van der Waals surface area (Å²) in [7, 11) is 0. The Labute approximate surface area is 143 Å². The molecule has 0 unspecified atom stereocenters. The van der Waals surface area contributed by atoms with Gasteiger partial charge in [-0.1, -0.05) is 37.3 Å². The SMILES string of the molecule is CC(C)c1nnc(NC(=O)CN2C(=O)[C@@H](C)Oc3ccccc32)s1. The fraction of sp³-hybridized carbons (Fsp3) is 0.375. The molecule has 1 aliphatic heterocycles.